The number of aromatic carboxylic acids is 1. The van der Waals surface area contributed by atoms with Crippen LogP contribution in [0.4, 0.5) is 18.9 Å². The maximum Gasteiger partial charge on any atom is 0.434 e. The third-order valence-corrected chi connectivity index (χ3v) is 9.53. The molecule has 3 heterocycles. The Bertz CT molecular complexity index is 1820. The minimum absolute atomic E-state index is 0.0352. The molecule has 1 atom stereocenters. The molecule has 1 unspecified atom stereocenters. The van der Waals surface area contributed by atoms with Gasteiger partial charge >= 0.3 is 12.1 Å². The topological polar surface area (TPSA) is 100 Å². The van der Waals surface area contributed by atoms with Crippen molar-refractivity contribution in [3.63, 3.8) is 0 Å². The van der Waals surface area contributed by atoms with Crippen molar-refractivity contribution >= 4 is 17.6 Å². The standard InChI is InChI=1S/C35H34F3N5O3/c1-20-18-24(21-14-16-42(17-15-21)33(44)23-8-9-23)11-12-27(20)40-29-13-10-22-4-2-5-25(31(22)29)28-6-3-7-30(41-28)43-32(35(36,37)38)26(19-39-43)34(45)46/h2-7,11-12,18-19,21,23,29,40H,8-10,13-17H2,1H3,(H,45,46). The number of anilines is 1. The molecule has 1 aliphatic heterocycles. The van der Waals surface area contributed by atoms with Crippen LogP contribution in [-0.2, 0) is 17.4 Å². The van der Waals surface area contributed by atoms with E-state index in [1.807, 2.05) is 17.0 Å². The average molecular weight is 630 g/mol. The highest BCUT2D eigenvalue weighted by atomic mass is 19.4. The smallest absolute Gasteiger partial charge is 0.434 e. The molecule has 1 saturated heterocycles. The monoisotopic (exact) mass is 629 g/mol. The number of alkyl halides is 3. The van der Waals surface area contributed by atoms with E-state index in [-0.39, 0.29) is 17.8 Å². The highest BCUT2D eigenvalue weighted by molar-refractivity contribution is 5.89. The summed E-state index contributed by atoms with van der Waals surface area (Å²) in [5.41, 5.74) is 4.60. The van der Waals surface area contributed by atoms with Crippen LogP contribution in [0.5, 0.6) is 0 Å². The van der Waals surface area contributed by atoms with Crippen molar-refractivity contribution in [3.05, 3.63) is 94.3 Å². The zero-order valence-electron chi connectivity index (χ0n) is 25.3. The molecule has 3 aliphatic rings. The molecule has 2 aliphatic carbocycles. The number of nitrogens with zero attached hydrogens (tertiary/aromatic N) is 4. The summed E-state index contributed by atoms with van der Waals surface area (Å²) in [5, 5.41) is 16.8. The maximum absolute atomic E-state index is 13.9. The summed E-state index contributed by atoms with van der Waals surface area (Å²) in [6.45, 7) is 3.72. The third kappa shape index (κ3) is 5.63. The molecule has 2 aromatic heterocycles. The first-order valence-electron chi connectivity index (χ1n) is 15.7. The van der Waals surface area contributed by atoms with Crippen LogP contribution >= 0.6 is 0 Å². The Morgan fingerprint density at radius 2 is 1.74 bits per heavy atom. The Labute approximate surface area is 264 Å². The molecule has 2 aromatic carbocycles. The van der Waals surface area contributed by atoms with Gasteiger partial charge < -0.3 is 15.3 Å². The summed E-state index contributed by atoms with van der Waals surface area (Å²) >= 11 is 0. The van der Waals surface area contributed by atoms with Crippen LogP contribution in [0.3, 0.4) is 0 Å². The molecule has 2 N–H and O–H groups in total. The lowest BCUT2D eigenvalue weighted by atomic mass is 9.88. The van der Waals surface area contributed by atoms with Crippen molar-refractivity contribution in [3.8, 4) is 17.1 Å². The van der Waals surface area contributed by atoms with Gasteiger partial charge in [0, 0.05) is 30.3 Å². The molecule has 7 rings (SSSR count). The summed E-state index contributed by atoms with van der Waals surface area (Å²) in [5.74, 6) is -0.819. The van der Waals surface area contributed by atoms with E-state index in [0.717, 1.165) is 79.6 Å². The highest BCUT2D eigenvalue weighted by Gasteiger charge is 2.41. The van der Waals surface area contributed by atoms with Gasteiger partial charge in [-0.2, -0.15) is 18.3 Å². The third-order valence-electron chi connectivity index (χ3n) is 9.53. The number of halogens is 3. The van der Waals surface area contributed by atoms with E-state index in [0.29, 0.717) is 28.4 Å². The lowest BCUT2D eigenvalue weighted by molar-refractivity contribution is -0.143. The largest absolute Gasteiger partial charge is 0.478 e. The van der Waals surface area contributed by atoms with Crippen LogP contribution < -0.4 is 5.32 Å². The van der Waals surface area contributed by atoms with Gasteiger partial charge in [0.15, 0.2) is 11.5 Å². The fourth-order valence-electron chi connectivity index (χ4n) is 7.01. The quantitative estimate of drug-likeness (QED) is 0.225. The molecule has 2 fully saturated rings. The van der Waals surface area contributed by atoms with Crippen LogP contribution in [0.25, 0.3) is 17.1 Å². The number of fused-ring (bicyclic) bond motifs is 1. The second-order valence-corrected chi connectivity index (χ2v) is 12.6. The number of hydrogen-bond donors (Lipinski definition) is 2. The predicted molar refractivity (Wildman–Crippen MR) is 166 cm³/mol. The predicted octanol–water partition coefficient (Wildman–Crippen LogP) is 7.18. The Hall–Kier alpha value is -4.67. The van der Waals surface area contributed by atoms with E-state index in [2.05, 4.69) is 46.6 Å². The number of pyridine rings is 1. The SMILES string of the molecule is Cc1cc(C2CCN(C(=O)C3CC3)CC2)ccc1NC1CCc2cccc(-c3cccc(-n4ncc(C(=O)O)c4C(F)(F)F)n3)c21. The lowest BCUT2D eigenvalue weighted by Crippen LogP contribution is -2.38. The van der Waals surface area contributed by atoms with E-state index in [1.54, 1.807) is 12.1 Å². The van der Waals surface area contributed by atoms with Gasteiger partial charge in [0.05, 0.1) is 17.9 Å². The second kappa shape index (κ2) is 11.6. The summed E-state index contributed by atoms with van der Waals surface area (Å²) in [4.78, 5) is 30.6. The minimum Gasteiger partial charge on any atom is -0.478 e. The minimum atomic E-state index is -4.94. The fourth-order valence-corrected chi connectivity index (χ4v) is 7.01. The van der Waals surface area contributed by atoms with E-state index in [9.17, 15) is 27.9 Å². The second-order valence-electron chi connectivity index (χ2n) is 12.6. The van der Waals surface area contributed by atoms with Gasteiger partial charge in [0.25, 0.3) is 0 Å². The molecular weight excluding hydrogens is 595 g/mol. The van der Waals surface area contributed by atoms with Gasteiger partial charge in [-0.05, 0) is 91.8 Å². The van der Waals surface area contributed by atoms with Gasteiger partial charge in [0.2, 0.25) is 5.91 Å². The number of benzene rings is 2. The number of carboxylic acids is 1. The van der Waals surface area contributed by atoms with Crippen LogP contribution in [0.2, 0.25) is 0 Å². The highest BCUT2D eigenvalue weighted by Crippen LogP contribution is 2.42. The molecule has 238 valence electrons. The number of piperidine rings is 1. The zero-order valence-corrected chi connectivity index (χ0v) is 25.3. The number of carbonyl (C=O) groups is 2. The van der Waals surface area contributed by atoms with Crippen molar-refractivity contribution in [2.45, 2.75) is 63.6 Å². The number of carboxylic acid groups (broad SMARTS) is 1. The van der Waals surface area contributed by atoms with Gasteiger partial charge in [-0.15, -0.1) is 0 Å². The first-order valence-corrected chi connectivity index (χ1v) is 15.7. The summed E-state index contributed by atoms with van der Waals surface area (Å²) in [6.07, 6.45) is 1.46. The molecule has 0 bridgehead atoms. The van der Waals surface area contributed by atoms with Crippen molar-refractivity contribution in [1.29, 1.82) is 0 Å². The van der Waals surface area contributed by atoms with E-state index in [4.69, 9.17) is 0 Å². The molecule has 11 heteroatoms. The fraction of sp³-hybridized carbons (Fsp3) is 0.371. The van der Waals surface area contributed by atoms with Crippen molar-refractivity contribution in [1.82, 2.24) is 19.7 Å². The van der Waals surface area contributed by atoms with E-state index in [1.165, 1.54) is 11.6 Å². The van der Waals surface area contributed by atoms with E-state index < -0.39 is 23.4 Å². The summed E-state index contributed by atoms with van der Waals surface area (Å²) in [6, 6.07) is 17.1. The number of carbonyl (C=O) groups excluding carboxylic acids is 1. The first kappa shape index (κ1) is 30.0. The normalized spacial score (nSPS) is 18.4. The van der Waals surface area contributed by atoms with Crippen molar-refractivity contribution in [2.75, 3.05) is 18.4 Å². The molecule has 4 aromatic rings. The molecular formula is C35H34F3N5O3. The summed E-state index contributed by atoms with van der Waals surface area (Å²) in [7, 11) is 0. The molecule has 46 heavy (non-hydrogen) atoms. The van der Waals surface area contributed by atoms with Gasteiger partial charge in [-0.25, -0.2) is 14.5 Å². The number of hydrogen-bond acceptors (Lipinski definition) is 5. The van der Waals surface area contributed by atoms with Crippen LogP contribution in [-0.4, -0.2) is 49.7 Å². The van der Waals surface area contributed by atoms with Crippen LogP contribution in [0, 0.1) is 12.8 Å². The number of aromatic nitrogens is 3. The number of likely N-dealkylation sites (tertiary alicyclic amines) is 1. The molecule has 8 nitrogen and oxygen atoms in total. The average Bonchev–Trinajstić information content (AvgIpc) is 3.65. The number of rotatable bonds is 7. The zero-order chi connectivity index (χ0) is 32.2. The van der Waals surface area contributed by atoms with Gasteiger partial charge in [-0.3, -0.25) is 4.79 Å². The maximum atomic E-state index is 13.9. The number of aryl methyl sites for hydroxylation is 2. The van der Waals surface area contributed by atoms with Gasteiger partial charge in [0.1, 0.15) is 5.56 Å². The Kier molecular flexibility index (Phi) is 7.57. The Morgan fingerprint density at radius 3 is 2.43 bits per heavy atom. The Balaban J connectivity index is 1.13. The first-order chi connectivity index (χ1) is 22.1. The molecule has 1 saturated carbocycles. The van der Waals surface area contributed by atoms with Gasteiger partial charge in [-0.1, -0.05) is 36.4 Å². The lowest BCUT2D eigenvalue weighted by Gasteiger charge is -2.32. The molecule has 0 radical (unpaired) electrons. The Morgan fingerprint density at radius 1 is 0.978 bits per heavy atom. The van der Waals surface area contributed by atoms with E-state index >= 15 is 0 Å². The van der Waals surface area contributed by atoms with Crippen LogP contribution in [0.1, 0.15) is 82.4 Å². The van der Waals surface area contributed by atoms with Crippen LogP contribution in [0.15, 0.2) is 60.8 Å². The molecule has 1 amide bonds. The number of nitrogens with one attached hydrogen (secondary N) is 1. The van der Waals surface area contributed by atoms with Crippen molar-refractivity contribution < 1.29 is 27.9 Å². The number of amides is 1. The van der Waals surface area contributed by atoms with Crippen molar-refractivity contribution in [2.24, 2.45) is 5.92 Å². The molecule has 0 spiro atoms. The summed E-state index contributed by atoms with van der Waals surface area (Å²) < 4.78 is 42.3.